The van der Waals surface area contributed by atoms with Crippen molar-refractivity contribution in [2.75, 3.05) is 13.2 Å². The molecule has 2 aromatic rings. The van der Waals surface area contributed by atoms with Gasteiger partial charge in [0, 0.05) is 32.5 Å². The number of amides is 1. The number of carbonyl (C=O) groups is 1. The molecule has 4 N–H and O–H groups in total. The van der Waals surface area contributed by atoms with Gasteiger partial charge in [-0.25, -0.2) is 4.98 Å². The molecule has 25 heavy (non-hydrogen) atoms. The Balaban J connectivity index is 1.77. The third-order valence-corrected chi connectivity index (χ3v) is 5.09. The molecule has 8 nitrogen and oxygen atoms in total. The first-order valence-electron chi connectivity index (χ1n) is 8.56. The average molecular weight is 347 g/mol. The van der Waals surface area contributed by atoms with Gasteiger partial charge in [-0.2, -0.15) is 0 Å². The molecule has 1 aliphatic rings. The molecule has 1 saturated heterocycles. The third kappa shape index (κ3) is 3.32. The molecule has 1 aliphatic heterocycles. The number of aromatic amines is 1. The molecule has 1 amide bonds. The molecule has 0 bridgehead atoms. The van der Waals surface area contributed by atoms with Gasteiger partial charge in [0.25, 0.3) is 5.56 Å². The van der Waals surface area contributed by atoms with Crippen LogP contribution in [0.5, 0.6) is 0 Å². The molecule has 0 radical (unpaired) electrons. The van der Waals surface area contributed by atoms with Gasteiger partial charge >= 0.3 is 0 Å². The number of ether oxygens (including phenoxy) is 1. The number of rotatable bonds is 4. The summed E-state index contributed by atoms with van der Waals surface area (Å²) in [7, 11) is 1.75. The van der Waals surface area contributed by atoms with Crippen molar-refractivity contribution in [3.63, 3.8) is 0 Å². The molecule has 0 saturated carbocycles. The topological polar surface area (TPSA) is 115 Å². The van der Waals surface area contributed by atoms with Crippen molar-refractivity contribution < 1.29 is 9.53 Å². The highest BCUT2D eigenvalue weighted by atomic mass is 16.5. The van der Waals surface area contributed by atoms with Crippen LogP contribution in [0.25, 0.3) is 11.0 Å². The average Bonchev–Trinajstić information content (AvgIpc) is 2.88. The van der Waals surface area contributed by atoms with Gasteiger partial charge in [-0.1, -0.05) is 0 Å². The number of carbonyl (C=O) groups excluding carboxylic acids is 1. The predicted octanol–water partition coefficient (Wildman–Crippen LogP) is 0.249. The summed E-state index contributed by atoms with van der Waals surface area (Å²) in [6.45, 7) is 5.38. The van der Waals surface area contributed by atoms with Crippen LogP contribution in [0.15, 0.2) is 4.79 Å². The fourth-order valence-corrected chi connectivity index (χ4v) is 3.49. The number of aryl methyl sites for hydroxylation is 3. The minimum absolute atomic E-state index is 0.147. The zero-order valence-corrected chi connectivity index (χ0v) is 14.9. The van der Waals surface area contributed by atoms with Crippen LogP contribution in [0.4, 0.5) is 0 Å². The third-order valence-electron chi connectivity index (χ3n) is 5.09. The van der Waals surface area contributed by atoms with E-state index in [2.05, 4.69) is 15.4 Å². The van der Waals surface area contributed by atoms with Gasteiger partial charge in [-0.05, 0) is 43.7 Å². The first-order chi connectivity index (χ1) is 11.9. The Morgan fingerprint density at radius 2 is 2.12 bits per heavy atom. The first kappa shape index (κ1) is 17.6. The number of aromatic nitrogens is 3. The Morgan fingerprint density at radius 3 is 2.80 bits per heavy atom. The molecular formula is C17H25N5O3. The Kier molecular flexibility index (Phi) is 4.91. The van der Waals surface area contributed by atoms with Crippen LogP contribution in [0.2, 0.25) is 0 Å². The van der Waals surface area contributed by atoms with E-state index in [-0.39, 0.29) is 17.4 Å². The van der Waals surface area contributed by atoms with Crippen LogP contribution in [-0.2, 0) is 23.1 Å². The van der Waals surface area contributed by atoms with E-state index in [1.54, 1.807) is 11.7 Å². The number of nitrogens with zero attached hydrogens (tertiary/aromatic N) is 2. The Hall–Kier alpha value is -2.19. The van der Waals surface area contributed by atoms with Gasteiger partial charge in [0.1, 0.15) is 0 Å². The standard InChI is InChI=1S/C17H25N5O3/c1-9-12(10(2)20-15-13(9)16(23)21-22(15)3)8-19-17(24)14(18)11-4-6-25-7-5-11/h11,14H,4-8,18H2,1-3H3,(H,19,24)(H,21,23). The van der Waals surface area contributed by atoms with Gasteiger partial charge in [0.05, 0.1) is 11.4 Å². The molecule has 1 unspecified atom stereocenters. The number of nitrogens with two attached hydrogens (primary N) is 1. The lowest BCUT2D eigenvalue weighted by Crippen LogP contribution is -2.47. The Bertz CT molecular complexity index is 848. The summed E-state index contributed by atoms with van der Waals surface area (Å²) in [6, 6.07) is -0.540. The van der Waals surface area contributed by atoms with Gasteiger partial charge in [0.15, 0.2) is 5.65 Å². The van der Waals surface area contributed by atoms with Crippen molar-refractivity contribution in [2.24, 2.45) is 18.7 Å². The molecule has 0 aromatic carbocycles. The SMILES string of the molecule is Cc1nc2c(c(C)c1CNC(=O)C(N)C1CCOCC1)c(=O)[nH]n2C. The van der Waals surface area contributed by atoms with E-state index in [0.29, 0.717) is 30.8 Å². The molecule has 2 aromatic heterocycles. The van der Waals surface area contributed by atoms with Crippen molar-refractivity contribution in [3.8, 4) is 0 Å². The molecule has 3 rings (SSSR count). The number of nitrogens with one attached hydrogen (secondary N) is 2. The quantitative estimate of drug-likeness (QED) is 0.733. The number of hydrogen-bond acceptors (Lipinski definition) is 5. The second-order valence-electron chi connectivity index (χ2n) is 6.69. The van der Waals surface area contributed by atoms with E-state index in [1.807, 2.05) is 13.8 Å². The van der Waals surface area contributed by atoms with Crippen LogP contribution in [0.1, 0.15) is 29.7 Å². The van der Waals surface area contributed by atoms with Crippen LogP contribution < -0.4 is 16.6 Å². The monoisotopic (exact) mass is 347 g/mol. The predicted molar refractivity (Wildman–Crippen MR) is 94.2 cm³/mol. The number of pyridine rings is 1. The summed E-state index contributed by atoms with van der Waals surface area (Å²) < 4.78 is 6.93. The van der Waals surface area contributed by atoms with Crippen molar-refractivity contribution in [2.45, 2.75) is 39.3 Å². The zero-order chi connectivity index (χ0) is 18.1. The van der Waals surface area contributed by atoms with E-state index in [1.165, 1.54) is 0 Å². The van der Waals surface area contributed by atoms with E-state index < -0.39 is 6.04 Å². The lowest BCUT2D eigenvalue weighted by atomic mass is 9.92. The second-order valence-corrected chi connectivity index (χ2v) is 6.69. The summed E-state index contributed by atoms with van der Waals surface area (Å²) in [6.07, 6.45) is 1.61. The fraction of sp³-hybridized carbons (Fsp3) is 0.588. The normalized spacial score (nSPS) is 17.0. The molecule has 0 aliphatic carbocycles. The van der Waals surface area contributed by atoms with Crippen molar-refractivity contribution in [1.29, 1.82) is 0 Å². The van der Waals surface area contributed by atoms with Crippen LogP contribution in [0, 0.1) is 19.8 Å². The number of H-pyrrole nitrogens is 1. The molecule has 136 valence electrons. The number of hydrogen-bond donors (Lipinski definition) is 3. The maximum absolute atomic E-state index is 12.4. The number of fused-ring (bicyclic) bond motifs is 1. The van der Waals surface area contributed by atoms with E-state index in [9.17, 15) is 9.59 Å². The smallest absolute Gasteiger partial charge is 0.273 e. The van der Waals surface area contributed by atoms with Crippen LogP contribution in [-0.4, -0.2) is 39.9 Å². The van der Waals surface area contributed by atoms with Gasteiger partial charge < -0.3 is 15.8 Å². The lowest BCUT2D eigenvalue weighted by Gasteiger charge is -2.26. The maximum atomic E-state index is 12.4. The lowest BCUT2D eigenvalue weighted by molar-refractivity contribution is -0.124. The van der Waals surface area contributed by atoms with Crippen molar-refractivity contribution in [3.05, 3.63) is 27.2 Å². The van der Waals surface area contributed by atoms with Gasteiger partial charge in [0.2, 0.25) is 5.91 Å². The zero-order valence-electron chi connectivity index (χ0n) is 14.9. The van der Waals surface area contributed by atoms with Crippen molar-refractivity contribution in [1.82, 2.24) is 20.1 Å². The van der Waals surface area contributed by atoms with Crippen LogP contribution in [0.3, 0.4) is 0 Å². The van der Waals surface area contributed by atoms with Crippen LogP contribution >= 0.6 is 0 Å². The minimum atomic E-state index is -0.540. The molecule has 1 fully saturated rings. The highest BCUT2D eigenvalue weighted by molar-refractivity contribution is 5.83. The molecule has 3 heterocycles. The summed E-state index contributed by atoms with van der Waals surface area (Å²) in [5, 5.41) is 6.18. The van der Waals surface area contributed by atoms with Gasteiger partial charge in [-0.15, -0.1) is 0 Å². The summed E-state index contributed by atoms with van der Waals surface area (Å²) >= 11 is 0. The van der Waals surface area contributed by atoms with Crippen molar-refractivity contribution >= 4 is 16.9 Å². The molecule has 8 heteroatoms. The highest BCUT2D eigenvalue weighted by Gasteiger charge is 2.26. The highest BCUT2D eigenvalue weighted by Crippen LogP contribution is 2.20. The fourth-order valence-electron chi connectivity index (χ4n) is 3.49. The van der Waals surface area contributed by atoms with E-state index in [4.69, 9.17) is 10.5 Å². The maximum Gasteiger partial charge on any atom is 0.273 e. The Labute approximate surface area is 145 Å². The molecule has 1 atom stereocenters. The largest absolute Gasteiger partial charge is 0.381 e. The first-order valence-corrected chi connectivity index (χ1v) is 8.56. The van der Waals surface area contributed by atoms with Gasteiger partial charge in [-0.3, -0.25) is 19.4 Å². The van der Waals surface area contributed by atoms with E-state index in [0.717, 1.165) is 29.7 Å². The Morgan fingerprint density at radius 1 is 1.44 bits per heavy atom. The second kappa shape index (κ2) is 6.97. The molecule has 0 spiro atoms. The summed E-state index contributed by atoms with van der Waals surface area (Å²) in [5.74, 6) is -0.0266. The molecular weight excluding hydrogens is 322 g/mol. The minimum Gasteiger partial charge on any atom is -0.381 e. The summed E-state index contributed by atoms with van der Waals surface area (Å²) in [5.41, 5.74) is 9.04. The van der Waals surface area contributed by atoms with E-state index >= 15 is 0 Å². The summed E-state index contributed by atoms with van der Waals surface area (Å²) in [4.78, 5) is 29.0.